The van der Waals surface area contributed by atoms with E-state index in [0.717, 1.165) is 43.0 Å². The van der Waals surface area contributed by atoms with Crippen LogP contribution in [0.25, 0.3) is 0 Å². The third-order valence-corrected chi connectivity index (χ3v) is 2.54. The lowest BCUT2D eigenvalue weighted by Crippen LogP contribution is -2.22. The van der Waals surface area contributed by atoms with Crippen LogP contribution in [0.15, 0.2) is 12.3 Å². The molecule has 0 unspecified atom stereocenters. The van der Waals surface area contributed by atoms with E-state index in [9.17, 15) is 0 Å². The Morgan fingerprint density at radius 2 is 2.18 bits per heavy atom. The predicted octanol–water partition coefficient (Wildman–Crippen LogP) is 3.07. The lowest BCUT2D eigenvalue weighted by Gasteiger charge is -2.13. The lowest BCUT2D eigenvalue weighted by atomic mass is 10.2. The fourth-order valence-electron chi connectivity index (χ4n) is 1.47. The van der Waals surface area contributed by atoms with Crippen LogP contribution < -0.4 is 10.1 Å². The monoisotopic (exact) mass is 236 g/mol. The van der Waals surface area contributed by atoms with Crippen molar-refractivity contribution in [1.29, 1.82) is 0 Å². The van der Waals surface area contributed by atoms with Crippen LogP contribution in [-0.4, -0.2) is 17.6 Å². The Kier molecular flexibility index (Phi) is 5.98. The summed E-state index contributed by atoms with van der Waals surface area (Å²) < 4.78 is 5.81. The van der Waals surface area contributed by atoms with Gasteiger partial charge in [0.1, 0.15) is 5.75 Å². The fraction of sp³-hybridized carbons (Fsp3) is 0.643. The van der Waals surface area contributed by atoms with Crippen molar-refractivity contribution in [2.45, 2.75) is 53.1 Å². The van der Waals surface area contributed by atoms with Crippen molar-refractivity contribution in [3.8, 4) is 5.75 Å². The molecule has 0 aromatic carbocycles. The first-order valence-electron chi connectivity index (χ1n) is 6.45. The molecule has 96 valence electrons. The molecule has 1 aromatic rings. The smallest absolute Gasteiger partial charge is 0.127 e. The van der Waals surface area contributed by atoms with Gasteiger partial charge in [-0.15, -0.1) is 0 Å². The van der Waals surface area contributed by atoms with Crippen molar-refractivity contribution >= 4 is 0 Å². The van der Waals surface area contributed by atoms with Crippen molar-refractivity contribution < 1.29 is 4.74 Å². The predicted molar refractivity (Wildman–Crippen MR) is 71.4 cm³/mol. The molecule has 1 N–H and O–H groups in total. The number of hydrogen-bond donors (Lipinski definition) is 1. The van der Waals surface area contributed by atoms with Gasteiger partial charge in [0.15, 0.2) is 0 Å². The van der Waals surface area contributed by atoms with Crippen molar-refractivity contribution in [3.05, 3.63) is 23.5 Å². The molecule has 0 aliphatic carbocycles. The summed E-state index contributed by atoms with van der Waals surface area (Å²) in [5.74, 6) is 0.971. The van der Waals surface area contributed by atoms with E-state index in [1.54, 1.807) is 0 Å². The van der Waals surface area contributed by atoms with E-state index in [1.807, 2.05) is 19.2 Å². The minimum Gasteiger partial charge on any atom is -0.493 e. The molecular formula is C14H24N2O. The van der Waals surface area contributed by atoms with Crippen LogP contribution in [0.2, 0.25) is 0 Å². The summed E-state index contributed by atoms with van der Waals surface area (Å²) in [6, 6.07) is 2.49. The number of hydrogen-bond acceptors (Lipinski definition) is 3. The molecule has 0 aliphatic rings. The first kappa shape index (κ1) is 14.0. The Labute approximate surface area is 105 Å². The molecule has 1 heterocycles. The zero-order valence-electron chi connectivity index (χ0n) is 11.4. The zero-order chi connectivity index (χ0) is 12.7. The van der Waals surface area contributed by atoms with Gasteiger partial charge in [0.2, 0.25) is 0 Å². The maximum Gasteiger partial charge on any atom is 0.127 e. The normalized spacial score (nSPS) is 10.9. The van der Waals surface area contributed by atoms with Gasteiger partial charge >= 0.3 is 0 Å². The summed E-state index contributed by atoms with van der Waals surface area (Å²) in [7, 11) is 0. The largest absolute Gasteiger partial charge is 0.493 e. The summed E-state index contributed by atoms with van der Waals surface area (Å²) in [5.41, 5.74) is 2.14. The van der Waals surface area contributed by atoms with E-state index in [1.165, 1.54) is 0 Å². The molecule has 17 heavy (non-hydrogen) atoms. The lowest BCUT2D eigenvalue weighted by molar-refractivity contribution is 0.304. The molecule has 0 radical (unpaired) electrons. The van der Waals surface area contributed by atoms with Crippen molar-refractivity contribution in [2.24, 2.45) is 0 Å². The minimum atomic E-state index is 0.472. The summed E-state index contributed by atoms with van der Waals surface area (Å²) in [5, 5.41) is 3.39. The second-order valence-electron chi connectivity index (χ2n) is 4.67. The number of aryl methyl sites for hydroxylation is 1. The SMILES string of the molecule is CCCCOc1cc(C)ncc1CNC(C)C. The van der Waals surface area contributed by atoms with Crippen LogP contribution in [0.4, 0.5) is 0 Å². The second kappa shape index (κ2) is 7.28. The van der Waals surface area contributed by atoms with Gasteiger partial charge in [-0.1, -0.05) is 27.2 Å². The van der Waals surface area contributed by atoms with E-state index in [4.69, 9.17) is 4.74 Å². The first-order valence-corrected chi connectivity index (χ1v) is 6.45. The highest BCUT2D eigenvalue weighted by atomic mass is 16.5. The summed E-state index contributed by atoms with van der Waals surface area (Å²) in [6.07, 6.45) is 4.16. The van der Waals surface area contributed by atoms with E-state index in [2.05, 4.69) is 31.1 Å². The molecule has 0 saturated heterocycles. The number of aromatic nitrogens is 1. The average molecular weight is 236 g/mol. The Bertz CT molecular complexity index is 337. The molecule has 3 nitrogen and oxygen atoms in total. The average Bonchev–Trinajstić information content (AvgIpc) is 2.28. The Balaban J connectivity index is 2.66. The van der Waals surface area contributed by atoms with Gasteiger partial charge < -0.3 is 10.1 Å². The van der Waals surface area contributed by atoms with Crippen molar-refractivity contribution in [1.82, 2.24) is 10.3 Å². The third-order valence-electron chi connectivity index (χ3n) is 2.54. The van der Waals surface area contributed by atoms with E-state index in [-0.39, 0.29) is 0 Å². The standard InChI is InChI=1S/C14H24N2O/c1-5-6-7-17-14-8-12(4)16-10-13(14)9-15-11(2)3/h8,10-11,15H,5-7,9H2,1-4H3. The maximum absolute atomic E-state index is 5.81. The molecule has 3 heteroatoms. The molecule has 0 saturated carbocycles. The quantitative estimate of drug-likeness (QED) is 0.739. The van der Waals surface area contributed by atoms with Crippen LogP contribution in [-0.2, 0) is 6.54 Å². The minimum absolute atomic E-state index is 0.472. The number of nitrogens with one attached hydrogen (secondary N) is 1. The maximum atomic E-state index is 5.81. The Hall–Kier alpha value is -1.09. The van der Waals surface area contributed by atoms with E-state index >= 15 is 0 Å². The van der Waals surface area contributed by atoms with Gasteiger partial charge in [-0.05, 0) is 13.3 Å². The van der Waals surface area contributed by atoms with Gasteiger partial charge in [-0.2, -0.15) is 0 Å². The van der Waals surface area contributed by atoms with E-state index in [0.29, 0.717) is 6.04 Å². The molecule has 0 fully saturated rings. The molecule has 0 spiro atoms. The van der Waals surface area contributed by atoms with Crippen LogP contribution in [0.1, 0.15) is 44.9 Å². The topological polar surface area (TPSA) is 34.1 Å². The van der Waals surface area contributed by atoms with Gasteiger partial charge in [0.25, 0.3) is 0 Å². The molecule has 1 rings (SSSR count). The van der Waals surface area contributed by atoms with Gasteiger partial charge in [-0.3, -0.25) is 4.98 Å². The number of nitrogens with zero attached hydrogens (tertiary/aromatic N) is 1. The highest BCUT2D eigenvalue weighted by Crippen LogP contribution is 2.19. The molecule has 0 amide bonds. The van der Waals surface area contributed by atoms with E-state index < -0.39 is 0 Å². The molecule has 0 atom stereocenters. The first-order chi connectivity index (χ1) is 8.13. The summed E-state index contributed by atoms with van der Waals surface area (Å²) >= 11 is 0. The highest BCUT2D eigenvalue weighted by Gasteiger charge is 2.05. The molecule has 0 aliphatic heterocycles. The number of rotatable bonds is 7. The third kappa shape index (κ3) is 5.18. The van der Waals surface area contributed by atoms with Gasteiger partial charge in [0, 0.05) is 36.1 Å². The van der Waals surface area contributed by atoms with Crippen LogP contribution in [0.5, 0.6) is 5.75 Å². The van der Waals surface area contributed by atoms with Crippen LogP contribution >= 0.6 is 0 Å². The Morgan fingerprint density at radius 1 is 1.41 bits per heavy atom. The summed E-state index contributed by atoms with van der Waals surface area (Å²) in [6.45, 7) is 10.0. The molecular weight excluding hydrogens is 212 g/mol. The zero-order valence-corrected chi connectivity index (χ0v) is 11.4. The van der Waals surface area contributed by atoms with Crippen molar-refractivity contribution in [3.63, 3.8) is 0 Å². The number of ether oxygens (including phenoxy) is 1. The summed E-state index contributed by atoms with van der Waals surface area (Å²) in [4.78, 5) is 4.33. The van der Waals surface area contributed by atoms with Crippen LogP contribution in [0, 0.1) is 6.92 Å². The molecule has 1 aromatic heterocycles. The fourth-order valence-corrected chi connectivity index (χ4v) is 1.47. The molecule has 0 bridgehead atoms. The second-order valence-corrected chi connectivity index (χ2v) is 4.67. The van der Waals surface area contributed by atoms with Gasteiger partial charge in [-0.25, -0.2) is 0 Å². The highest BCUT2D eigenvalue weighted by molar-refractivity contribution is 5.32. The van der Waals surface area contributed by atoms with Gasteiger partial charge in [0.05, 0.1) is 6.61 Å². The number of unbranched alkanes of at least 4 members (excludes halogenated alkanes) is 1. The number of pyridine rings is 1. The Morgan fingerprint density at radius 3 is 2.82 bits per heavy atom. The van der Waals surface area contributed by atoms with Crippen molar-refractivity contribution in [2.75, 3.05) is 6.61 Å². The van der Waals surface area contributed by atoms with Crippen LogP contribution in [0.3, 0.4) is 0 Å².